The molecule has 0 bridgehead atoms. The molecule has 0 aliphatic carbocycles. The predicted octanol–water partition coefficient (Wildman–Crippen LogP) is 11.7. The first-order valence-electron chi connectivity index (χ1n) is 14.1. The second-order valence-electron chi connectivity index (χ2n) is 10.1. The van der Waals surface area contributed by atoms with Gasteiger partial charge in [0.2, 0.25) is 0 Å². The van der Waals surface area contributed by atoms with Gasteiger partial charge in [-0.3, -0.25) is 0 Å². The van der Waals surface area contributed by atoms with Gasteiger partial charge in [0.15, 0.2) is 0 Å². The van der Waals surface area contributed by atoms with E-state index in [-0.39, 0.29) is 0 Å². The Labute approximate surface area is 236 Å². The monoisotopic (exact) mass is 528 g/mol. The highest BCUT2D eigenvalue weighted by molar-refractivity contribution is 7.90. The van der Waals surface area contributed by atoms with Crippen LogP contribution in [0.5, 0.6) is 0 Å². The van der Waals surface area contributed by atoms with Gasteiger partial charge in [-0.1, -0.05) is 108 Å². The average Bonchev–Trinajstić information content (AvgIpc) is 2.91. The van der Waals surface area contributed by atoms with Crippen molar-refractivity contribution in [1.29, 1.82) is 0 Å². The highest BCUT2D eigenvalue weighted by Gasteiger charge is 2.08. The molecule has 0 N–H and O–H groups in total. The number of benzene rings is 3. The molecule has 0 saturated heterocycles. The Kier molecular flexibility index (Phi) is 12.2. The van der Waals surface area contributed by atoms with Crippen molar-refractivity contribution >= 4 is 51.7 Å². The Morgan fingerprint density at radius 2 is 1.22 bits per heavy atom. The molecule has 0 atom stereocenters. The average molecular weight is 529 g/mol. The molecule has 0 heterocycles. The van der Waals surface area contributed by atoms with Crippen LogP contribution in [0, 0.1) is 0 Å². The molecular weight excluding hydrogens is 485 g/mol. The molecule has 0 aliphatic heterocycles. The summed E-state index contributed by atoms with van der Waals surface area (Å²) in [5.41, 5.74) is 4.98. The number of unbranched alkanes of at least 4 members (excludes halogenated alkanes) is 6. The summed E-state index contributed by atoms with van der Waals surface area (Å²) in [6, 6.07) is 18.1. The first-order chi connectivity index (χ1) is 18.0. The zero-order valence-corrected chi connectivity index (χ0v) is 24.6. The van der Waals surface area contributed by atoms with E-state index in [1.165, 1.54) is 89.6 Å². The SMILES string of the molecule is C=C/C(CCCCCC)=C(\S)Cc1ccc2cc3cc(/C(S)=C(/C=C)CCCCCC)ccc3cc2c1. The van der Waals surface area contributed by atoms with Crippen LogP contribution < -0.4 is 0 Å². The number of hydrogen-bond acceptors (Lipinski definition) is 2. The van der Waals surface area contributed by atoms with Crippen LogP contribution in [-0.2, 0) is 6.42 Å². The first-order valence-corrected chi connectivity index (χ1v) is 14.9. The Bertz CT molecular complexity index is 1280. The molecule has 0 fully saturated rings. The Morgan fingerprint density at radius 1 is 0.649 bits per heavy atom. The van der Waals surface area contributed by atoms with Crippen LogP contribution in [0.2, 0.25) is 0 Å². The van der Waals surface area contributed by atoms with Crippen molar-refractivity contribution in [1.82, 2.24) is 0 Å². The normalized spacial score (nSPS) is 13.0. The standard InChI is InChI=1S/C35H44S2/c1-5-9-11-13-15-27(7-3)34(36)22-26-17-18-29-24-33-25-31(20-19-30(33)23-32(29)21-26)35(37)28(8-4)16-14-12-10-6-2/h7-8,17-21,23-25,36-37H,3-6,9-16,22H2,1-2H3/b34-27+,35-28+. The van der Waals surface area contributed by atoms with Crippen molar-refractivity contribution in [2.24, 2.45) is 0 Å². The molecular formula is C35H44S2. The Balaban J connectivity index is 1.83. The van der Waals surface area contributed by atoms with Crippen molar-refractivity contribution < 1.29 is 0 Å². The zero-order valence-electron chi connectivity index (χ0n) is 22.9. The topological polar surface area (TPSA) is 0 Å². The van der Waals surface area contributed by atoms with Crippen LogP contribution >= 0.6 is 25.3 Å². The van der Waals surface area contributed by atoms with Crippen molar-refractivity contribution in [3.8, 4) is 0 Å². The third-order valence-corrected chi connectivity index (χ3v) is 8.26. The molecule has 0 spiro atoms. The van der Waals surface area contributed by atoms with E-state index in [0.717, 1.165) is 34.6 Å². The van der Waals surface area contributed by atoms with Crippen LogP contribution in [0.15, 0.2) is 89.9 Å². The predicted molar refractivity (Wildman–Crippen MR) is 175 cm³/mol. The maximum absolute atomic E-state index is 4.91. The summed E-state index contributed by atoms with van der Waals surface area (Å²) in [5, 5.41) is 5.03. The van der Waals surface area contributed by atoms with Gasteiger partial charge in [0.05, 0.1) is 0 Å². The minimum Gasteiger partial charge on any atom is -0.147 e. The Hall–Kier alpha value is -2.16. The number of hydrogen-bond donors (Lipinski definition) is 2. The summed E-state index contributed by atoms with van der Waals surface area (Å²) in [5.74, 6) is 0. The molecule has 3 aromatic rings. The van der Waals surface area contributed by atoms with Crippen LogP contribution in [-0.4, -0.2) is 0 Å². The Morgan fingerprint density at radius 3 is 1.81 bits per heavy atom. The van der Waals surface area contributed by atoms with E-state index in [1.54, 1.807) is 0 Å². The summed E-state index contributed by atoms with van der Waals surface area (Å²) in [4.78, 5) is 2.18. The summed E-state index contributed by atoms with van der Waals surface area (Å²) < 4.78 is 0. The summed E-state index contributed by atoms with van der Waals surface area (Å²) in [7, 11) is 0. The maximum atomic E-state index is 4.91. The van der Waals surface area contributed by atoms with Gasteiger partial charge in [0.1, 0.15) is 0 Å². The highest BCUT2D eigenvalue weighted by atomic mass is 32.1. The van der Waals surface area contributed by atoms with Crippen molar-refractivity contribution in [3.05, 3.63) is 101 Å². The molecule has 3 rings (SSSR count). The fourth-order valence-electron chi connectivity index (χ4n) is 4.96. The van der Waals surface area contributed by atoms with Crippen LogP contribution in [0.1, 0.15) is 89.2 Å². The largest absolute Gasteiger partial charge is 0.147 e. The number of allylic oxidation sites excluding steroid dienone is 5. The molecule has 0 amide bonds. The molecule has 0 aliphatic rings. The van der Waals surface area contributed by atoms with Crippen LogP contribution in [0.3, 0.4) is 0 Å². The second-order valence-corrected chi connectivity index (χ2v) is 11.1. The zero-order chi connectivity index (χ0) is 26.6. The molecule has 196 valence electrons. The number of fused-ring (bicyclic) bond motifs is 2. The second kappa shape index (κ2) is 15.3. The lowest BCUT2D eigenvalue weighted by Crippen LogP contribution is -1.91. The molecule has 3 aromatic carbocycles. The van der Waals surface area contributed by atoms with E-state index < -0.39 is 0 Å². The molecule has 0 unspecified atom stereocenters. The number of rotatable bonds is 15. The van der Waals surface area contributed by atoms with Gasteiger partial charge in [-0.25, -0.2) is 0 Å². The third kappa shape index (κ3) is 8.42. The first kappa shape index (κ1) is 29.4. The van der Waals surface area contributed by atoms with Gasteiger partial charge < -0.3 is 0 Å². The van der Waals surface area contributed by atoms with E-state index in [4.69, 9.17) is 25.3 Å². The summed E-state index contributed by atoms with van der Waals surface area (Å²) in [6.07, 6.45) is 17.0. The lowest BCUT2D eigenvalue weighted by Gasteiger charge is -2.11. The van der Waals surface area contributed by atoms with E-state index in [1.807, 2.05) is 12.2 Å². The lowest BCUT2D eigenvalue weighted by molar-refractivity contribution is 0.667. The molecule has 0 saturated carbocycles. The van der Waals surface area contributed by atoms with E-state index in [0.29, 0.717) is 0 Å². The van der Waals surface area contributed by atoms with Gasteiger partial charge in [0.25, 0.3) is 0 Å². The fourth-order valence-corrected chi connectivity index (χ4v) is 5.69. The van der Waals surface area contributed by atoms with Crippen molar-refractivity contribution in [2.75, 3.05) is 0 Å². The quantitative estimate of drug-likeness (QED) is 0.0833. The number of thiol groups is 2. The minimum atomic E-state index is 0.849. The van der Waals surface area contributed by atoms with Crippen molar-refractivity contribution in [3.63, 3.8) is 0 Å². The van der Waals surface area contributed by atoms with Gasteiger partial charge in [0, 0.05) is 11.3 Å². The third-order valence-electron chi connectivity index (χ3n) is 7.27. The molecule has 0 nitrogen and oxygen atoms in total. The van der Waals surface area contributed by atoms with E-state index >= 15 is 0 Å². The van der Waals surface area contributed by atoms with E-state index in [2.05, 4.69) is 75.5 Å². The molecule has 37 heavy (non-hydrogen) atoms. The van der Waals surface area contributed by atoms with Gasteiger partial charge in [-0.15, -0.1) is 25.3 Å². The fraction of sp³-hybridized carbons (Fsp3) is 0.371. The van der Waals surface area contributed by atoms with Crippen LogP contribution in [0.4, 0.5) is 0 Å². The highest BCUT2D eigenvalue weighted by Crippen LogP contribution is 2.32. The van der Waals surface area contributed by atoms with Gasteiger partial charge in [-0.2, -0.15) is 0 Å². The molecule has 0 radical (unpaired) electrons. The smallest absolute Gasteiger partial charge is 0.0145 e. The lowest BCUT2D eigenvalue weighted by atomic mass is 9.97. The summed E-state index contributed by atoms with van der Waals surface area (Å²) in [6.45, 7) is 12.6. The van der Waals surface area contributed by atoms with Gasteiger partial charge in [-0.05, 0) is 92.6 Å². The maximum Gasteiger partial charge on any atom is 0.0145 e. The van der Waals surface area contributed by atoms with Crippen molar-refractivity contribution in [2.45, 2.75) is 84.5 Å². The minimum absolute atomic E-state index is 0.849. The molecule has 0 aromatic heterocycles. The molecule has 2 heteroatoms. The van der Waals surface area contributed by atoms with Gasteiger partial charge >= 0.3 is 0 Å². The summed E-state index contributed by atoms with van der Waals surface area (Å²) >= 11 is 9.78. The van der Waals surface area contributed by atoms with E-state index in [9.17, 15) is 0 Å². The van der Waals surface area contributed by atoms with Crippen LogP contribution in [0.25, 0.3) is 26.5 Å².